The van der Waals surface area contributed by atoms with Crippen molar-refractivity contribution >= 4 is 29.1 Å². The summed E-state index contributed by atoms with van der Waals surface area (Å²) in [6.07, 6.45) is 1.41. The normalized spacial score (nSPS) is 14.4. The number of aromatic nitrogens is 1. The van der Waals surface area contributed by atoms with Gasteiger partial charge in [0.1, 0.15) is 6.26 Å². The summed E-state index contributed by atoms with van der Waals surface area (Å²) in [4.78, 5) is 21.6. The monoisotopic (exact) mass is 502 g/mol. The van der Waals surface area contributed by atoms with Crippen LogP contribution < -0.4 is 5.32 Å². The SMILES string of the molecule is O=C(NCc1ccccc1)c1coc(CN(CCN2CCOCC2)Cc2ccc(Cl)c(Cl)c2)n1. The van der Waals surface area contributed by atoms with Gasteiger partial charge in [-0.1, -0.05) is 59.6 Å². The lowest BCUT2D eigenvalue weighted by Crippen LogP contribution is -2.41. The van der Waals surface area contributed by atoms with Gasteiger partial charge in [-0.25, -0.2) is 4.98 Å². The van der Waals surface area contributed by atoms with E-state index >= 15 is 0 Å². The van der Waals surface area contributed by atoms with Crippen LogP contribution in [0.4, 0.5) is 0 Å². The number of nitrogens with zero attached hydrogens (tertiary/aromatic N) is 3. The molecule has 0 saturated carbocycles. The molecule has 180 valence electrons. The van der Waals surface area contributed by atoms with Gasteiger partial charge in [0.15, 0.2) is 5.69 Å². The van der Waals surface area contributed by atoms with E-state index in [2.05, 4.69) is 20.1 Å². The molecular formula is C25H28Cl2N4O3. The number of morpholine rings is 1. The summed E-state index contributed by atoms with van der Waals surface area (Å²) in [7, 11) is 0. The van der Waals surface area contributed by atoms with Crippen LogP contribution in [0.3, 0.4) is 0 Å². The van der Waals surface area contributed by atoms with E-state index in [4.69, 9.17) is 32.4 Å². The van der Waals surface area contributed by atoms with Gasteiger partial charge in [-0.3, -0.25) is 14.6 Å². The van der Waals surface area contributed by atoms with E-state index in [-0.39, 0.29) is 11.6 Å². The molecule has 0 unspecified atom stereocenters. The highest BCUT2D eigenvalue weighted by atomic mass is 35.5. The quantitative estimate of drug-likeness (QED) is 0.446. The molecule has 1 saturated heterocycles. The second-order valence-electron chi connectivity index (χ2n) is 8.21. The summed E-state index contributed by atoms with van der Waals surface area (Å²) in [6, 6.07) is 15.4. The van der Waals surface area contributed by atoms with Gasteiger partial charge in [0.25, 0.3) is 5.91 Å². The Balaban J connectivity index is 1.38. The van der Waals surface area contributed by atoms with Crippen LogP contribution >= 0.6 is 23.2 Å². The maximum absolute atomic E-state index is 12.5. The molecule has 4 rings (SSSR count). The van der Waals surface area contributed by atoms with Gasteiger partial charge in [0.2, 0.25) is 5.89 Å². The van der Waals surface area contributed by atoms with E-state index < -0.39 is 0 Å². The fraction of sp³-hybridized carbons (Fsp3) is 0.360. The third-order valence-corrected chi connectivity index (χ3v) is 6.40. The van der Waals surface area contributed by atoms with Gasteiger partial charge in [-0.05, 0) is 23.3 Å². The molecule has 0 atom stereocenters. The third-order valence-electron chi connectivity index (χ3n) is 5.67. The number of halogens is 2. The lowest BCUT2D eigenvalue weighted by Gasteiger charge is -2.29. The van der Waals surface area contributed by atoms with Crippen LogP contribution in [0, 0.1) is 0 Å². The van der Waals surface area contributed by atoms with Crippen LogP contribution in [-0.4, -0.2) is 60.1 Å². The highest BCUT2D eigenvalue weighted by Gasteiger charge is 2.18. The van der Waals surface area contributed by atoms with Crippen LogP contribution in [0.2, 0.25) is 10.0 Å². The number of ether oxygens (including phenoxy) is 1. The Morgan fingerprint density at radius 2 is 1.82 bits per heavy atom. The predicted octanol–water partition coefficient (Wildman–Crippen LogP) is 4.25. The number of nitrogens with one attached hydrogen (secondary N) is 1. The summed E-state index contributed by atoms with van der Waals surface area (Å²) in [6.45, 7) is 6.62. The summed E-state index contributed by atoms with van der Waals surface area (Å²) >= 11 is 12.3. The van der Waals surface area contributed by atoms with E-state index in [1.54, 1.807) is 6.07 Å². The highest BCUT2D eigenvalue weighted by molar-refractivity contribution is 6.42. The van der Waals surface area contributed by atoms with E-state index in [0.717, 1.165) is 50.5 Å². The van der Waals surface area contributed by atoms with Crippen molar-refractivity contribution in [2.45, 2.75) is 19.6 Å². The molecule has 1 aliphatic rings. The first-order valence-electron chi connectivity index (χ1n) is 11.3. The van der Waals surface area contributed by atoms with Crippen molar-refractivity contribution in [2.24, 2.45) is 0 Å². The zero-order valence-electron chi connectivity index (χ0n) is 18.9. The fourth-order valence-corrected chi connectivity index (χ4v) is 4.09. The lowest BCUT2D eigenvalue weighted by atomic mass is 10.2. The van der Waals surface area contributed by atoms with Crippen molar-refractivity contribution in [2.75, 3.05) is 39.4 Å². The minimum Gasteiger partial charge on any atom is -0.447 e. The summed E-state index contributed by atoms with van der Waals surface area (Å²) in [5.74, 6) is 0.232. The number of rotatable bonds is 10. The molecule has 1 aromatic heterocycles. The maximum atomic E-state index is 12.5. The van der Waals surface area contributed by atoms with Crippen LogP contribution in [0.25, 0.3) is 0 Å². The van der Waals surface area contributed by atoms with Crippen molar-refractivity contribution in [3.8, 4) is 0 Å². The average molecular weight is 503 g/mol. The molecule has 34 heavy (non-hydrogen) atoms. The van der Waals surface area contributed by atoms with Gasteiger partial charge in [0.05, 0.1) is 29.8 Å². The molecule has 1 N–H and O–H groups in total. The Morgan fingerprint density at radius 3 is 2.59 bits per heavy atom. The molecule has 2 heterocycles. The maximum Gasteiger partial charge on any atom is 0.273 e. The van der Waals surface area contributed by atoms with Crippen molar-refractivity contribution in [1.29, 1.82) is 0 Å². The molecule has 0 aliphatic carbocycles. The molecule has 1 amide bonds. The molecule has 0 radical (unpaired) electrons. The van der Waals surface area contributed by atoms with E-state index in [9.17, 15) is 4.79 Å². The first kappa shape index (κ1) is 24.7. The third kappa shape index (κ3) is 7.29. The lowest BCUT2D eigenvalue weighted by molar-refractivity contribution is 0.0320. The number of hydrogen-bond acceptors (Lipinski definition) is 6. The van der Waals surface area contributed by atoms with Crippen molar-refractivity contribution in [1.82, 2.24) is 20.1 Å². The molecule has 7 nitrogen and oxygen atoms in total. The van der Waals surface area contributed by atoms with Crippen LogP contribution in [-0.2, 0) is 24.4 Å². The molecule has 0 bridgehead atoms. The largest absolute Gasteiger partial charge is 0.447 e. The van der Waals surface area contributed by atoms with Crippen molar-refractivity contribution < 1.29 is 13.9 Å². The Bertz CT molecular complexity index is 1070. The minimum absolute atomic E-state index is 0.261. The first-order valence-corrected chi connectivity index (χ1v) is 12.1. The molecular weight excluding hydrogens is 475 g/mol. The average Bonchev–Trinajstić information content (AvgIpc) is 3.33. The second-order valence-corrected chi connectivity index (χ2v) is 9.02. The summed E-state index contributed by atoms with van der Waals surface area (Å²) in [5, 5.41) is 3.94. The number of oxazole rings is 1. The Morgan fingerprint density at radius 1 is 1.03 bits per heavy atom. The number of benzene rings is 2. The van der Waals surface area contributed by atoms with Crippen molar-refractivity contribution in [3.05, 3.63) is 87.6 Å². The van der Waals surface area contributed by atoms with Crippen LogP contribution in [0.1, 0.15) is 27.5 Å². The summed E-state index contributed by atoms with van der Waals surface area (Å²) < 4.78 is 11.1. The first-order chi connectivity index (χ1) is 16.6. The highest BCUT2D eigenvalue weighted by Crippen LogP contribution is 2.23. The van der Waals surface area contributed by atoms with Gasteiger partial charge < -0.3 is 14.5 Å². The zero-order valence-corrected chi connectivity index (χ0v) is 20.4. The number of hydrogen-bond donors (Lipinski definition) is 1. The molecule has 2 aromatic carbocycles. The van der Waals surface area contributed by atoms with Gasteiger partial charge >= 0.3 is 0 Å². The van der Waals surface area contributed by atoms with Gasteiger partial charge in [-0.2, -0.15) is 0 Å². The van der Waals surface area contributed by atoms with E-state index in [1.807, 2.05) is 42.5 Å². The molecule has 1 fully saturated rings. The Hall–Kier alpha value is -2.42. The Kier molecular flexibility index (Phi) is 8.96. The standard InChI is InChI=1S/C25H28Cl2N4O3/c26-21-7-6-20(14-22(21)27)16-31(9-8-30-10-12-33-13-11-30)17-24-29-23(18-34-24)25(32)28-15-19-4-2-1-3-5-19/h1-7,14,18H,8-13,15-17H2,(H,28,32). The zero-order chi connectivity index (χ0) is 23.8. The number of amides is 1. The number of carbonyl (C=O) groups is 1. The van der Waals surface area contributed by atoms with E-state index in [0.29, 0.717) is 35.6 Å². The Labute approximate surface area is 209 Å². The van der Waals surface area contributed by atoms with E-state index in [1.165, 1.54) is 6.26 Å². The summed E-state index contributed by atoms with van der Waals surface area (Å²) in [5.41, 5.74) is 2.34. The van der Waals surface area contributed by atoms with Crippen molar-refractivity contribution in [3.63, 3.8) is 0 Å². The molecule has 9 heteroatoms. The number of carbonyl (C=O) groups excluding carboxylic acids is 1. The predicted molar refractivity (Wildman–Crippen MR) is 132 cm³/mol. The fourth-order valence-electron chi connectivity index (χ4n) is 3.77. The molecule has 3 aromatic rings. The second kappa shape index (κ2) is 12.3. The van der Waals surface area contributed by atoms with Gasteiger partial charge in [0, 0.05) is 39.3 Å². The molecule has 0 spiro atoms. The van der Waals surface area contributed by atoms with Gasteiger partial charge in [-0.15, -0.1) is 0 Å². The van der Waals surface area contributed by atoms with Crippen LogP contribution in [0.5, 0.6) is 0 Å². The minimum atomic E-state index is -0.261. The topological polar surface area (TPSA) is 70.8 Å². The molecule has 1 aliphatic heterocycles. The smallest absolute Gasteiger partial charge is 0.273 e. The van der Waals surface area contributed by atoms with Crippen LogP contribution in [0.15, 0.2) is 59.2 Å².